The van der Waals surface area contributed by atoms with Crippen LogP contribution in [0.5, 0.6) is 0 Å². The van der Waals surface area contributed by atoms with E-state index in [-0.39, 0.29) is 0 Å². The van der Waals surface area contributed by atoms with E-state index in [0.717, 1.165) is 48.0 Å². The highest BCUT2D eigenvalue weighted by atomic mass is 16.5. The highest BCUT2D eigenvalue weighted by Crippen LogP contribution is 2.32. The first-order chi connectivity index (χ1) is 11.8. The minimum Gasteiger partial charge on any atom is -0.361 e. The standard InChI is InChI=1S/C19H21N3O2/c1-14-11-18(21-23-14)19-9-5-6-10-22(19)13-16-12-17(20-24-16)15-7-3-2-4-8-15/h2-4,7-8,11-12,19H,5-6,9-10,13H2,1H3/t19-/m0/s1. The first kappa shape index (κ1) is 15.1. The first-order valence-electron chi connectivity index (χ1n) is 8.48. The Kier molecular flexibility index (Phi) is 4.17. The molecule has 0 saturated carbocycles. The van der Waals surface area contributed by atoms with E-state index in [1.807, 2.05) is 49.4 Å². The van der Waals surface area contributed by atoms with Crippen LogP contribution < -0.4 is 0 Å². The molecule has 3 heterocycles. The van der Waals surface area contributed by atoms with Gasteiger partial charge in [-0.15, -0.1) is 0 Å². The molecule has 1 aliphatic rings. The van der Waals surface area contributed by atoms with Crippen molar-refractivity contribution in [2.45, 2.75) is 38.8 Å². The van der Waals surface area contributed by atoms with Crippen molar-refractivity contribution in [1.29, 1.82) is 0 Å². The van der Waals surface area contributed by atoms with Crippen LogP contribution in [0.15, 0.2) is 51.5 Å². The second-order valence-corrected chi connectivity index (χ2v) is 6.39. The van der Waals surface area contributed by atoms with Gasteiger partial charge in [-0.3, -0.25) is 4.90 Å². The van der Waals surface area contributed by atoms with Crippen molar-refractivity contribution in [3.8, 4) is 11.3 Å². The Morgan fingerprint density at radius 1 is 1.08 bits per heavy atom. The largest absolute Gasteiger partial charge is 0.361 e. The summed E-state index contributed by atoms with van der Waals surface area (Å²) < 4.78 is 10.8. The maximum atomic E-state index is 5.58. The molecule has 1 aromatic carbocycles. The van der Waals surface area contributed by atoms with E-state index in [2.05, 4.69) is 15.2 Å². The minimum atomic E-state index is 0.293. The lowest BCUT2D eigenvalue weighted by molar-refractivity contribution is 0.120. The second-order valence-electron chi connectivity index (χ2n) is 6.39. The van der Waals surface area contributed by atoms with Gasteiger partial charge < -0.3 is 9.05 Å². The van der Waals surface area contributed by atoms with E-state index in [1.165, 1.54) is 12.8 Å². The summed E-state index contributed by atoms with van der Waals surface area (Å²) in [5, 5.41) is 8.44. The molecular formula is C19H21N3O2. The van der Waals surface area contributed by atoms with Crippen LogP contribution in [0.4, 0.5) is 0 Å². The van der Waals surface area contributed by atoms with Crippen LogP contribution in [0.3, 0.4) is 0 Å². The molecule has 0 radical (unpaired) electrons. The molecule has 0 N–H and O–H groups in total. The van der Waals surface area contributed by atoms with Crippen LogP contribution in [-0.4, -0.2) is 21.8 Å². The van der Waals surface area contributed by atoms with Crippen LogP contribution in [0, 0.1) is 6.92 Å². The molecule has 0 unspecified atom stereocenters. The molecule has 5 nitrogen and oxygen atoms in total. The molecule has 0 amide bonds. The van der Waals surface area contributed by atoms with Gasteiger partial charge in [0, 0.05) is 17.7 Å². The third-order valence-corrected chi connectivity index (χ3v) is 4.59. The highest BCUT2D eigenvalue weighted by molar-refractivity contribution is 5.58. The summed E-state index contributed by atoms with van der Waals surface area (Å²) in [6, 6.07) is 14.5. The number of rotatable bonds is 4. The van der Waals surface area contributed by atoms with Gasteiger partial charge in [-0.1, -0.05) is 47.1 Å². The fourth-order valence-electron chi connectivity index (χ4n) is 3.39. The predicted molar refractivity (Wildman–Crippen MR) is 90.2 cm³/mol. The molecule has 1 atom stereocenters. The third-order valence-electron chi connectivity index (χ3n) is 4.59. The maximum Gasteiger partial charge on any atom is 0.151 e. The molecule has 3 aromatic rings. The molecule has 4 rings (SSSR count). The van der Waals surface area contributed by atoms with Gasteiger partial charge in [-0.05, 0) is 26.3 Å². The lowest BCUT2D eigenvalue weighted by Crippen LogP contribution is -2.33. The number of hydrogen-bond acceptors (Lipinski definition) is 5. The third kappa shape index (κ3) is 3.12. The van der Waals surface area contributed by atoms with Crippen molar-refractivity contribution in [2.24, 2.45) is 0 Å². The Hall–Kier alpha value is -2.40. The average Bonchev–Trinajstić information content (AvgIpc) is 3.25. The van der Waals surface area contributed by atoms with Crippen molar-refractivity contribution < 1.29 is 9.05 Å². The second kappa shape index (κ2) is 6.61. The maximum absolute atomic E-state index is 5.58. The SMILES string of the molecule is Cc1cc([C@@H]2CCCCN2Cc2cc(-c3ccccc3)no2)no1. The predicted octanol–water partition coefficient (Wildman–Crippen LogP) is 4.37. The summed E-state index contributed by atoms with van der Waals surface area (Å²) in [6.45, 7) is 3.72. The number of nitrogens with zero attached hydrogens (tertiary/aromatic N) is 3. The lowest BCUT2D eigenvalue weighted by atomic mass is 9.99. The van der Waals surface area contributed by atoms with Crippen molar-refractivity contribution in [2.75, 3.05) is 6.54 Å². The van der Waals surface area contributed by atoms with Crippen LogP contribution in [-0.2, 0) is 6.54 Å². The molecule has 1 saturated heterocycles. The normalized spacial score (nSPS) is 18.8. The van der Waals surface area contributed by atoms with Gasteiger partial charge in [0.25, 0.3) is 0 Å². The van der Waals surface area contributed by atoms with Crippen LogP contribution >= 0.6 is 0 Å². The van der Waals surface area contributed by atoms with Crippen molar-refractivity contribution >= 4 is 0 Å². The fourth-order valence-corrected chi connectivity index (χ4v) is 3.39. The fraction of sp³-hybridized carbons (Fsp3) is 0.368. The zero-order chi connectivity index (χ0) is 16.4. The molecule has 0 spiro atoms. The molecule has 5 heteroatoms. The van der Waals surface area contributed by atoms with Crippen LogP contribution in [0.1, 0.15) is 42.5 Å². The molecule has 0 bridgehead atoms. The van der Waals surface area contributed by atoms with Gasteiger partial charge in [0.1, 0.15) is 17.1 Å². The van der Waals surface area contributed by atoms with Gasteiger partial charge in [-0.2, -0.15) is 0 Å². The Bertz CT molecular complexity index is 794. The number of hydrogen-bond donors (Lipinski definition) is 0. The minimum absolute atomic E-state index is 0.293. The van der Waals surface area contributed by atoms with E-state index in [1.54, 1.807) is 0 Å². The summed E-state index contributed by atoms with van der Waals surface area (Å²) in [5.74, 6) is 1.75. The van der Waals surface area contributed by atoms with Gasteiger partial charge in [-0.25, -0.2) is 0 Å². The zero-order valence-corrected chi connectivity index (χ0v) is 13.8. The average molecular weight is 323 g/mol. The number of aromatic nitrogens is 2. The monoisotopic (exact) mass is 323 g/mol. The van der Waals surface area contributed by atoms with E-state index >= 15 is 0 Å². The van der Waals surface area contributed by atoms with Gasteiger partial charge in [0.05, 0.1) is 12.6 Å². The molecular weight excluding hydrogens is 302 g/mol. The smallest absolute Gasteiger partial charge is 0.151 e. The van der Waals surface area contributed by atoms with E-state index < -0.39 is 0 Å². The number of benzene rings is 1. The Morgan fingerprint density at radius 3 is 2.75 bits per heavy atom. The topological polar surface area (TPSA) is 55.3 Å². The lowest BCUT2D eigenvalue weighted by Gasteiger charge is -2.33. The number of piperidine rings is 1. The van der Waals surface area contributed by atoms with Gasteiger partial charge in [0.15, 0.2) is 5.76 Å². The zero-order valence-electron chi connectivity index (χ0n) is 13.8. The Balaban J connectivity index is 1.52. The first-order valence-corrected chi connectivity index (χ1v) is 8.48. The summed E-state index contributed by atoms with van der Waals surface area (Å²) >= 11 is 0. The van der Waals surface area contributed by atoms with Crippen molar-refractivity contribution in [1.82, 2.24) is 15.2 Å². The molecule has 1 fully saturated rings. The van der Waals surface area contributed by atoms with Gasteiger partial charge >= 0.3 is 0 Å². The summed E-state index contributed by atoms with van der Waals surface area (Å²) in [4.78, 5) is 2.41. The Labute approximate surface area is 141 Å². The molecule has 2 aromatic heterocycles. The summed E-state index contributed by atoms with van der Waals surface area (Å²) in [7, 11) is 0. The Morgan fingerprint density at radius 2 is 1.96 bits per heavy atom. The molecule has 124 valence electrons. The van der Waals surface area contributed by atoms with E-state index in [0.29, 0.717) is 6.04 Å². The van der Waals surface area contributed by atoms with E-state index in [9.17, 15) is 0 Å². The van der Waals surface area contributed by atoms with Gasteiger partial charge in [0.2, 0.25) is 0 Å². The quantitative estimate of drug-likeness (QED) is 0.714. The molecule has 0 aliphatic carbocycles. The van der Waals surface area contributed by atoms with Crippen molar-refractivity contribution in [3.05, 3.63) is 59.7 Å². The van der Waals surface area contributed by atoms with Crippen LogP contribution in [0.2, 0.25) is 0 Å². The van der Waals surface area contributed by atoms with Crippen molar-refractivity contribution in [3.63, 3.8) is 0 Å². The summed E-state index contributed by atoms with van der Waals surface area (Å²) in [5.41, 5.74) is 2.99. The number of likely N-dealkylation sites (tertiary alicyclic amines) is 1. The molecule has 1 aliphatic heterocycles. The van der Waals surface area contributed by atoms with E-state index in [4.69, 9.17) is 9.05 Å². The highest BCUT2D eigenvalue weighted by Gasteiger charge is 2.27. The number of aryl methyl sites for hydroxylation is 1. The summed E-state index contributed by atoms with van der Waals surface area (Å²) in [6.07, 6.45) is 3.53. The van der Waals surface area contributed by atoms with Crippen LogP contribution in [0.25, 0.3) is 11.3 Å². The molecule has 24 heavy (non-hydrogen) atoms.